The quantitative estimate of drug-likeness (QED) is 0.894. The van der Waals surface area contributed by atoms with Crippen LogP contribution in [0.15, 0.2) is 10.7 Å². The molecule has 0 unspecified atom stereocenters. The second-order valence-electron chi connectivity index (χ2n) is 7.50. The molecule has 3 heteroatoms. The van der Waals surface area contributed by atoms with Crippen molar-refractivity contribution in [3.63, 3.8) is 0 Å². The number of amides is 1. The van der Waals surface area contributed by atoms with Gasteiger partial charge in [0, 0.05) is 11.1 Å². The fraction of sp³-hybridized carbons (Fsp3) is 0.706. The molecule has 4 aliphatic rings. The molecule has 0 saturated heterocycles. The van der Waals surface area contributed by atoms with Crippen LogP contribution in [0.1, 0.15) is 60.2 Å². The summed E-state index contributed by atoms with van der Waals surface area (Å²) in [4.78, 5) is 12.7. The van der Waals surface area contributed by atoms with E-state index in [1.165, 1.54) is 38.5 Å². The van der Waals surface area contributed by atoms with E-state index in [4.69, 9.17) is 4.42 Å². The molecule has 4 aliphatic carbocycles. The van der Waals surface area contributed by atoms with Crippen molar-refractivity contribution in [1.82, 2.24) is 5.32 Å². The maximum Gasteiger partial charge on any atom is 0.255 e. The van der Waals surface area contributed by atoms with Gasteiger partial charge in [-0.25, -0.2) is 0 Å². The Morgan fingerprint density at radius 3 is 2.15 bits per heavy atom. The Kier molecular flexibility index (Phi) is 2.57. The monoisotopic (exact) mass is 273 g/mol. The molecule has 4 fully saturated rings. The molecule has 0 radical (unpaired) electrons. The van der Waals surface area contributed by atoms with Gasteiger partial charge in [-0.3, -0.25) is 4.79 Å². The molecular weight excluding hydrogens is 250 g/mol. The first-order chi connectivity index (χ1) is 9.55. The summed E-state index contributed by atoms with van der Waals surface area (Å²) in [5.74, 6) is 3.38. The third-order valence-electron chi connectivity index (χ3n) is 5.80. The summed E-state index contributed by atoms with van der Waals surface area (Å²) in [5.41, 5.74) is 1.78. The molecule has 1 amide bonds. The highest BCUT2D eigenvalue weighted by atomic mass is 16.3. The van der Waals surface area contributed by atoms with Crippen molar-refractivity contribution in [3.05, 3.63) is 23.2 Å². The zero-order chi connectivity index (χ0) is 13.9. The van der Waals surface area contributed by atoms with Crippen LogP contribution in [0.25, 0.3) is 0 Å². The minimum atomic E-state index is 0.0794. The van der Waals surface area contributed by atoms with E-state index in [2.05, 4.69) is 5.32 Å². The molecule has 0 atom stereocenters. The van der Waals surface area contributed by atoms with Crippen molar-refractivity contribution in [3.8, 4) is 0 Å². The van der Waals surface area contributed by atoms with Crippen LogP contribution in [0.3, 0.4) is 0 Å². The van der Waals surface area contributed by atoms with Crippen LogP contribution in [0.4, 0.5) is 0 Å². The van der Waals surface area contributed by atoms with Gasteiger partial charge in [-0.05, 0) is 70.1 Å². The summed E-state index contributed by atoms with van der Waals surface area (Å²) in [5, 5.41) is 3.41. The van der Waals surface area contributed by atoms with Gasteiger partial charge in [-0.15, -0.1) is 0 Å². The van der Waals surface area contributed by atoms with Crippen LogP contribution in [0.2, 0.25) is 0 Å². The molecule has 4 saturated carbocycles. The highest BCUT2D eigenvalue weighted by molar-refractivity contribution is 5.97. The molecule has 3 nitrogen and oxygen atoms in total. The Morgan fingerprint density at radius 2 is 1.70 bits per heavy atom. The summed E-state index contributed by atoms with van der Waals surface area (Å²) in [6.07, 6.45) is 9.47. The summed E-state index contributed by atoms with van der Waals surface area (Å²) in [6, 6.07) is 0. The lowest BCUT2D eigenvalue weighted by Crippen LogP contribution is -2.59. The summed E-state index contributed by atoms with van der Waals surface area (Å²) in [7, 11) is 0. The molecule has 4 bridgehead atoms. The van der Waals surface area contributed by atoms with Crippen LogP contribution in [0, 0.1) is 31.6 Å². The lowest BCUT2D eigenvalue weighted by molar-refractivity contribution is -0.0167. The van der Waals surface area contributed by atoms with E-state index in [-0.39, 0.29) is 11.4 Å². The number of hydrogen-bond acceptors (Lipinski definition) is 2. The highest BCUT2D eigenvalue weighted by Crippen LogP contribution is 2.55. The fourth-order valence-corrected chi connectivity index (χ4v) is 5.48. The van der Waals surface area contributed by atoms with Crippen molar-refractivity contribution in [1.29, 1.82) is 0 Å². The van der Waals surface area contributed by atoms with Crippen LogP contribution in [-0.4, -0.2) is 11.4 Å². The first-order valence-corrected chi connectivity index (χ1v) is 7.92. The van der Waals surface area contributed by atoms with E-state index >= 15 is 0 Å². The van der Waals surface area contributed by atoms with Crippen molar-refractivity contribution in [2.45, 2.75) is 57.9 Å². The van der Waals surface area contributed by atoms with Crippen molar-refractivity contribution >= 4 is 5.91 Å². The minimum absolute atomic E-state index is 0.0794. The van der Waals surface area contributed by atoms with Crippen LogP contribution in [0.5, 0.6) is 0 Å². The highest BCUT2D eigenvalue weighted by Gasteiger charge is 2.51. The van der Waals surface area contributed by atoms with Gasteiger partial charge in [0.15, 0.2) is 0 Å². The number of nitrogens with one attached hydrogen (secondary N) is 1. The molecule has 5 rings (SSSR count). The number of rotatable bonds is 2. The third kappa shape index (κ3) is 1.82. The van der Waals surface area contributed by atoms with Gasteiger partial charge in [-0.1, -0.05) is 0 Å². The van der Waals surface area contributed by atoms with Gasteiger partial charge in [0.25, 0.3) is 5.91 Å². The number of furan rings is 1. The predicted molar refractivity (Wildman–Crippen MR) is 76.6 cm³/mol. The number of aryl methyl sites for hydroxylation is 2. The molecule has 108 valence electrons. The lowest BCUT2D eigenvalue weighted by Gasteiger charge is -2.56. The van der Waals surface area contributed by atoms with E-state index < -0.39 is 0 Å². The van der Waals surface area contributed by atoms with Crippen LogP contribution >= 0.6 is 0 Å². The molecule has 1 aromatic rings. The first-order valence-electron chi connectivity index (χ1n) is 7.92. The molecule has 1 N–H and O–H groups in total. The second-order valence-corrected chi connectivity index (χ2v) is 7.50. The Labute approximate surface area is 120 Å². The van der Waals surface area contributed by atoms with Crippen molar-refractivity contribution < 1.29 is 9.21 Å². The van der Waals surface area contributed by atoms with Gasteiger partial charge < -0.3 is 9.73 Å². The molecule has 20 heavy (non-hydrogen) atoms. The van der Waals surface area contributed by atoms with Gasteiger partial charge in [0.2, 0.25) is 0 Å². The average Bonchev–Trinajstić information content (AvgIpc) is 2.66. The van der Waals surface area contributed by atoms with E-state index in [0.29, 0.717) is 0 Å². The third-order valence-corrected chi connectivity index (χ3v) is 5.80. The zero-order valence-corrected chi connectivity index (χ0v) is 12.4. The van der Waals surface area contributed by atoms with E-state index in [9.17, 15) is 4.79 Å². The average molecular weight is 273 g/mol. The Bertz CT molecular complexity index is 503. The number of carbonyl (C=O) groups is 1. The van der Waals surface area contributed by atoms with Gasteiger partial charge in [0.05, 0.1) is 11.8 Å². The van der Waals surface area contributed by atoms with Crippen LogP contribution < -0.4 is 5.32 Å². The van der Waals surface area contributed by atoms with E-state index in [0.717, 1.165) is 34.6 Å². The smallest absolute Gasteiger partial charge is 0.255 e. The summed E-state index contributed by atoms with van der Waals surface area (Å²) in [6.45, 7) is 3.83. The molecular formula is C17H23NO2. The normalized spacial score (nSPS) is 38.2. The molecule has 0 aromatic carbocycles. The second kappa shape index (κ2) is 4.12. The molecule has 1 heterocycles. The van der Waals surface area contributed by atoms with Gasteiger partial charge >= 0.3 is 0 Å². The van der Waals surface area contributed by atoms with Crippen molar-refractivity contribution in [2.24, 2.45) is 17.8 Å². The lowest BCUT2D eigenvalue weighted by atomic mass is 9.53. The molecule has 0 spiro atoms. The van der Waals surface area contributed by atoms with Crippen molar-refractivity contribution in [2.75, 3.05) is 0 Å². The maximum atomic E-state index is 12.7. The minimum Gasteiger partial charge on any atom is -0.469 e. The van der Waals surface area contributed by atoms with Crippen LogP contribution in [-0.2, 0) is 0 Å². The predicted octanol–water partition coefficient (Wildman–Crippen LogP) is 3.60. The molecule has 1 aromatic heterocycles. The number of carbonyl (C=O) groups excluding carboxylic acids is 1. The Morgan fingerprint density at radius 1 is 1.15 bits per heavy atom. The van der Waals surface area contributed by atoms with E-state index in [1.807, 2.05) is 13.8 Å². The molecule has 0 aliphatic heterocycles. The van der Waals surface area contributed by atoms with Gasteiger partial charge in [0.1, 0.15) is 5.76 Å². The number of hydrogen-bond donors (Lipinski definition) is 1. The SMILES string of the molecule is Cc1coc(C)c1C(=O)NC12CC3CC(CC(C3)C1)C2. The van der Waals surface area contributed by atoms with Gasteiger partial charge in [-0.2, -0.15) is 0 Å². The van der Waals surface area contributed by atoms with E-state index in [1.54, 1.807) is 6.26 Å². The first kappa shape index (κ1) is 12.5. The standard InChI is InChI=1S/C17H23NO2/c1-10-9-20-11(2)15(10)16(19)18-17-6-12-3-13(7-17)5-14(4-12)8-17/h9,12-14H,3-8H2,1-2H3,(H,18,19). The topological polar surface area (TPSA) is 42.2 Å². The maximum absolute atomic E-state index is 12.7. The fourth-order valence-electron chi connectivity index (χ4n) is 5.48. The zero-order valence-electron chi connectivity index (χ0n) is 12.4. The summed E-state index contributed by atoms with van der Waals surface area (Å²) >= 11 is 0. The largest absolute Gasteiger partial charge is 0.469 e. The summed E-state index contributed by atoms with van der Waals surface area (Å²) < 4.78 is 5.38. The Hall–Kier alpha value is -1.25. The Balaban J connectivity index is 1.58.